The van der Waals surface area contributed by atoms with E-state index in [2.05, 4.69) is 55.4 Å². The highest BCUT2D eigenvalue weighted by Crippen LogP contribution is 2.89. The van der Waals surface area contributed by atoms with E-state index in [0.717, 1.165) is 41.6 Å². The number of hydrogen-bond donors (Lipinski definition) is 1. The van der Waals surface area contributed by atoms with Gasteiger partial charge in [0, 0.05) is 11.5 Å². The number of benzene rings is 1. The minimum Gasteiger partial charge on any atom is -0.504 e. The Morgan fingerprint density at radius 3 is 2.33 bits per heavy atom. The van der Waals surface area contributed by atoms with Crippen molar-refractivity contribution in [2.24, 2.45) is 62.6 Å². The first-order valence-corrected chi connectivity index (χ1v) is 18.4. The smallest absolute Gasteiger partial charge is 0.331 e. The largest absolute Gasteiger partial charge is 0.504 e. The lowest BCUT2D eigenvalue weighted by atomic mass is 9.41. The summed E-state index contributed by atoms with van der Waals surface area (Å²) < 4.78 is 11.5. The molecular formula is C41H62O4. The number of methoxy groups -OCH3 is 1. The van der Waals surface area contributed by atoms with E-state index in [4.69, 9.17) is 9.47 Å². The fourth-order valence-electron chi connectivity index (χ4n) is 12.7. The summed E-state index contributed by atoms with van der Waals surface area (Å²) in [6, 6.07) is 5.09. The van der Waals surface area contributed by atoms with Crippen molar-refractivity contribution in [2.75, 3.05) is 7.11 Å². The van der Waals surface area contributed by atoms with Crippen molar-refractivity contribution in [1.82, 2.24) is 0 Å². The summed E-state index contributed by atoms with van der Waals surface area (Å²) >= 11 is 0. The number of ether oxygens (including phenoxy) is 2. The van der Waals surface area contributed by atoms with Crippen molar-refractivity contribution >= 4 is 12.0 Å². The molecular weight excluding hydrogens is 556 g/mol. The zero-order valence-electron chi connectivity index (χ0n) is 29.9. The second kappa shape index (κ2) is 11.3. The molecule has 6 unspecified atom stereocenters. The van der Waals surface area contributed by atoms with Gasteiger partial charge in [-0.25, -0.2) is 4.79 Å². The van der Waals surface area contributed by atoms with Crippen molar-refractivity contribution in [3.63, 3.8) is 0 Å². The molecule has 4 nitrogen and oxygen atoms in total. The summed E-state index contributed by atoms with van der Waals surface area (Å²) in [5, 5.41) is 9.89. The van der Waals surface area contributed by atoms with Crippen LogP contribution < -0.4 is 4.74 Å². The van der Waals surface area contributed by atoms with Crippen LogP contribution in [0.25, 0.3) is 6.08 Å². The van der Waals surface area contributed by atoms with Crippen LogP contribution in [0, 0.1) is 62.6 Å². The van der Waals surface area contributed by atoms with E-state index < -0.39 is 0 Å². The molecule has 5 aliphatic carbocycles. The van der Waals surface area contributed by atoms with Gasteiger partial charge in [0.2, 0.25) is 0 Å². The third-order valence-corrected chi connectivity index (χ3v) is 15.9. The fourth-order valence-corrected chi connectivity index (χ4v) is 12.7. The molecule has 2 spiro atoms. The van der Waals surface area contributed by atoms with Crippen LogP contribution in [-0.2, 0) is 9.53 Å². The number of fused-ring (bicyclic) bond motifs is 2. The minimum atomic E-state index is -0.273. The van der Waals surface area contributed by atoms with Gasteiger partial charge in [-0.3, -0.25) is 0 Å². The Hall–Kier alpha value is -1.97. The first-order valence-electron chi connectivity index (χ1n) is 18.4. The van der Waals surface area contributed by atoms with Crippen molar-refractivity contribution in [3.05, 3.63) is 29.8 Å². The highest BCUT2D eigenvalue weighted by Gasteiger charge is 2.82. The number of phenolic OH excluding ortho intramolecular Hbond substituents is 1. The zero-order valence-corrected chi connectivity index (χ0v) is 29.9. The lowest BCUT2D eigenvalue weighted by Gasteiger charge is -2.63. The van der Waals surface area contributed by atoms with E-state index in [0.29, 0.717) is 33.3 Å². The Kier molecular flexibility index (Phi) is 8.30. The highest BCUT2D eigenvalue weighted by molar-refractivity contribution is 5.87. The van der Waals surface area contributed by atoms with E-state index in [1.807, 2.05) is 0 Å². The van der Waals surface area contributed by atoms with Gasteiger partial charge < -0.3 is 14.6 Å². The van der Waals surface area contributed by atoms with E-state index >= 15 is 0 Å². The molecule has 0 aromatic heterocycles. The van der Waals surface area contributed by atoms with Crippen molar-refractivity contribution in [1.29, 1.82) is 0 Å². The van der Waals surface area contributed by atoms with Crippen LogP contribution in [0.2, 0.25) is 0 Å². The Labute approximate surface area is 274 Å². The molecule has 0 saturated heterocycles. The summed E-state index contributed by atoms with van der Waals surface area (Å²) in [6.07, 6.45) is 17.9. The zero-order chi connectivity index (χ0) is 32.6. The average molecular weight is 619 g/mol. The predicted octanol–water partition coefficient (Wildman–Crippen LogP) is 10.5. The van der Waals surface area contributed by atoms with Crippen LogP contribution >= 0.6 is 0 Å². The second-order valence-electron chi connectivity index (χ2n) is 18.0. The van der Waals surface area contributed by atoms with Gasteiger partial charge in [-0.1, -0.05) is 74.3 Å². The SMILES string of the molecule is COc1cc(/C=C\C(=O)O[C@H]2CC[C@]34C[C@]35CC[C@]3(C)C(C(C)CCC(C)C(C)C)CCC3(C)C5CCC4C2(C)C)ccc1O. The van der Waals surface area contributed by atoms with Crippen LogP contribution in [0.5, 0.6) is 11.5 Å². The molecule has 1 aromatic rings. The van der Waals surface area contributed by atoms with Gasteiger partial charge in [0.1, 0.15) is 6.10 Å². The number of aromatic hydroxyl groups is 1. The maximum atomic E-state index is 13.1. The maximum absolute atomic E-state index is 13.1. The summed E-state index contributed by atoms with van der Waals surface area (Å²) in [5.41, 5.74) is 2.65. The molecule has 1 N–H and O–H groups in total. The average Bonchev–Trinajstić information content (AvgIpc) is 3.58. The molecule has 45 heavy (non-hydrogen) atoms. The van der Waals surface area contributed by atoms with Gasteiger partial charge in [-0.05, 0) is 139 Å². The van der Waals surface area contributed by atoms with E-state index in [1.165, 1.54) is 77.4 Å². The van der Waals surface area contributed by atoms with Crippen LogP contribution in [0.1, 0.15) is 132 Å². The number of phenols is 1. The lowest BCUT2D eigenvalue weighted by molar-refractivity contribution is -0.179. The Morgan fingerprint density at radius 1 is 0.911 bits per heavy atom. The first-order chi connectivity index (χ1) is 21.1. The topological polar surface area (TPSA) is 55.8 Å². The Morgan fingerprint density at radius 2 is 1.62 bits per heavy atom. The monoisotopic (exact) mass is 618 g/mol. The molecule has 0 amide bonds. The molecule has 1 aromatic carbocycles. The number of esters is 1. The number of rotatable bonds is 9. The first kappa shape index (κ1) is 33.0. The molecule has 5 aliphatic rings. The lowest BCUT2D eigenvalue weighted by Crippen LogP contribution is -2.58. The number of hydrogen-bond acceptors (Lipinski definition) is 4. The third-order valence-electron chi connectivity index (χ3n) is 15.9. The van der Waals surface area contributed by atoms with Crippen LogP contribution in [0.15, 0.2) is 24.3 Å². The minimum absolute atomic E-state index is 0.0283. The van der Waals surface area contributed by atoms with Crippen molar-refractivity contribution in [3.8, 4) is 11.5 Å². The van der Waals surface area contributed by atoms with Crippen molar-refractivity contribution in [2.45, 2.75) is 132 Å². The Balaban J connectivity index is 1.14. The molecule has 250 valence electrons. The summed E-state index contributed by atoms with van der Waals surface area (Å²) in [6.45, 7) is 20.1. The molecule has 0 heterocycles. The summed E-state index contributed by atoms with van der Waals surface area (Å²) in [5.74, 6) is 4.99. The van der Waals surface area contributed by atoms with E-state index in [9.17, 15) is 9.90 Å². The number of carbonyl (C=O) groups excluding carboxylic acids is 1. The summed E-state index contributed by atoms with van der Waals surface area (Å²) in [7, 11) is 1.53. The van der Waals surface area contributed by atoms with Gasteiger partial charge in [-0.2, -0.15) is 0 Å². The molecule has 6 rings (SSSR count). The van der Waals surface area contributed by atoms with Crippen LogP contribution in [0.3, 0.4) is 0 Å². The van der Waals surface area contributed by atoms with E-state index in [-0.39, 0.29) is 23.2 Å². The summed E-state index contributed by atoms with van der Waals surface area (Å²) in [4.78, 5) is 13.1. The quantitative estimate of drug-likeness (QED) is 0.221. The van der Waals surface area contributed by atoms with Gasteiger partial charge in [0.15, 0.2) is 11.5 Å². The molecule has 0 radical (unpaired) electrons. The van der Waals surface area contributed by atoms with Crippen LogP contribution in [-0.4, -0.2) is 24.3 Å². The van der Waals surface area contributed by atoms with Crippen LogP contribution in [0.4, 0.5) is 0 Å². The van der Waals surface area contributed by atoms with Gasteiger partial charge in [0.25, 0.3) is 0 Å². The third kappa shape index (κ3) is 4.92. The molecule has 0 aliphatic heterocycles. The van der Waals surface area contributed by atoms with Gasteiger partial charge >= 0.3 is 5.97 Å². The Bertz CT molecular complexity index is 1310. The normalized spacial score (nSPS) is 41.0. The molecule has 0 bridgehead atoms. The molecule has 10 atom stereocenters. The predicted molar refractivity (Wildman–Crippen MR) is 183 cm³/mol. The second-order valence-corrected chi connectivity index (χ2v) is 18.0. The van der Waals surface area contributed by atoms with Gasteiger partial charge in [0.05, 0.1) is 7.11 Å². The van der Waals surface area contributed by atoms with Gasteiger partial charge in [-0.15, -0.1) is 0 Å². The van der Waals surface area contributed by atoms with E-state index in [1.54, 1.807) is 24.3 Å². The number of carbonyl (C=O) groups is 1. The molecule has 4 heteroatoms. The fraction of sp³-hybridized carbons (Fsp3) is 0.780. The molecule has 5 fully saturated rings. The highest BCUT2D eigenvalue weighted by atomic mass is 16.5. The van der Waals surface area contributed by atoms with Crippen molar-refractivity contribution < 1.29 is 19.4 Å². The molecule has 5 saturated carbocycles. The standard InChI is InChI=1S/C41H62O4/c1-26(2)27(3)10-11-28(4)30-18-20-39(8)34-16-15-33-37(5,6)35(19-21-40(33)25-41(34,40)23-22-38(30,39)7)45-36(43)17-13-29-12-14-31(42)32(24-29)44-9/h12-14,17,24,26-28,30,33-35,42H,10-11,15-16,18-23,25H2,1-9H3/b17-13-/t27?,28?,30?,33?,34?,35-,38+,39?,40+,41-/m0/s1. The maximum Gasteiger partial charge on any atom is 0.331 e.